The van der Waals surface area contributed by atoms with E-state index >= 15 is 0 Å². The number of carbonyl (C=O) groups is 1. The monoisotopic (exact) mass is 455 g/mol. The number of rotatable bonds is 7. The lowest BCUT2D eigenvalue weighted by Gasteiger charge is -2.08. The lowest BCUT2D eigenvalue weighted by Crippen LogP contribution is -2.14. The molecule has 0 aliphatic carbocycles. The van der Waals surface area contributed by atoms with Crippen LogP contribution in [-0.4, -0.2) is 25.5 Å². The van der Waals surface area contributed by atoms with Crippen LogP contribution in [0.1, 0.15) is 21.6 Å². The molecule has 2 aromatic heterocycles. The Kier molecular flexibility index (Phi) is 6.25. The van der Waals surface area contributed by atoms with Crippen LogP contribution >= 0.6 is 23.2 Å². The number of nitrogens with one attached hydrogen (secondary N) is 1. The molecular weight excluding hydrogens is 437 g/mol. The van der Waals surface area contributed by atoms with Crippen molar-refractivity contribution < 1.29 is 9.53 Å². The normalized spacial score (nSPS) is 10.8. The van der Waals surface area contributed by atoms with Gasteiger partial charge in [-0.2, -0.15) is 10.2 Å². The number of anilines is 1. The minimum atomic E-state index is -0.335. The van der Waals surface area contributed by atoms with Crippen molar-refractivity contribution in [1.29, 1.82) is 0 Å². The first kappa shape index (κ1) is 21.0. The summed E-state index contributed by atoms with van der Waals surface area (Å²) in [5.74, 6) is 0.231. The van der Waals surface area contributed by atoms with E-state index in [0.717, 1.165) is 11.1 Å². The lowest BCUT2D eigenvalue weighted by atomic mass is 10.2. The summed E-state index contributed by atoms with van der Waals surface area (Å²) < 4.78 is 8.96. The molecule has 31 heavy (non-hydrogen) atoms. The van der Waals surface area contributed by atoms with Crippen LogP contribution in [0.4, 0.5) is 5.69 Å². The Bertz CT molecular complexity index is 1200. The lowest BCUT2D eigenvalue weighted by molar-refractivity contribution is 0.102. The number of ether oxygens (including phenoxy) is 1. The van der Waals surface area contributed by atoms with Gasteiger partial charge in [-0.05, 0) is 48.4 Å². The van der Waals surface area contributed by atoms with Gasteiger partial charge in [-0.3, -0.25) is 9.48 Å². The average molecular weight is 456 g/mol. The molecular formula is C22H19Cl2N5O2. The van der Waals surface area contributed by atoms with Gasteiger partial charge < -0.3 is 10.1 Å². The SMILES string of the molecule is Cc1ccc(Cl)c(OCn2ccc(C(=O)Nc3cnn(Cc4ccc(Cl)cc4)c3)n2)c1. The maximum absolute atomic E-state index is 12.5. The Labute approximate surface area is 189 Å². The van der Waals surface area contributed by atoms with Crippen molar-refractivity contribution in [3.8, 4) is 5.75 Å². The highest BCUT2D eigenvalue weighted by Crippen LogP contribution is 2.25. The molecule has 158 valence electrons. The second-order valence-electron chi connectivity index (χ2n) is 6.95. The van der Waals surface area contributed by atoms with Crippen LogP contribution in [0.15, 0.2) is 67.1 Å². The molecule has 0 aliphatic rings. The third kappa shape index (κ3) is 5.45. The quantitative estimate of drug-likeness (QED) is 0.423. The molecule has 0 saturated carbocycles. The van der Waals surface area contributed by atoms with Crippen LogP contribution in [0.3, 0.4) is 0 Å². The van der Waals surface area contributed by atoms with Crippen LogP contribution in [-0.2, 0) is 13.3 Å². The Hall–Kier alpha value is -3.29. The van der Waals surface area contributed by atoms with Crippen molar-refractivity contribution in [2.45, 2.75) is 20.2 Å². The largest absolute Gasteiger partial charge is 0.470 e. The number of benzene rings is 2. The Morgan fingerprint density at radius 2 is 1.90 bits per heavy atom. The molecule has 9 heteroatoms. The first-order chi connectivity index (χ1) is 15.0. The third-order valence-electron chi connectivity index (χ3n) is 4.46. The molecule has 1 amide bonds. The molecule has 0 unspecified atom stereocenters. The maximum Gasteiger partial charge on any atom is 0.276 e. The second-order valence-corrected chi connectivity index (χ2v) is 7.80. The smallest absolute Gasteiger partial charge is 0.276 e. The molecule has 2 aromatic carbocycles. The standard InChI is InChI=1S/C22H19Cl2N5O2/c1-15-2-7-19(24)21(10-15)31-14-28-9-8-20(27-28)22(30)26-18-11-25-29(13-18)12-16-3-5-17(23)6-4-16/h2-11,13H,12,14H2,1H3,(H,26,30). The highest BCUT2D eigenvalue weighted by atomic mass is 35.5. The van der Waals surface area contributed by atoms with Crippen LogP contribution in [0.25, 0.3) is 0 Å². The molecule has 0 fully saturated rings. The van der Waals surface area contributed by atoms with Crippen molar-refractivity contribution in [2.75, 3.05) is 5.32 Å². The van der Waals surface area contributed by atoms with Crippen molar-refractivity contribution in [2.24, 2.45) is 0 Å². The van der Waals surface area contributed by atoms with Gasteiger partial charge in [0, 0.05) is 17.4 Å². The fourth-order valence-corrected chi connectivity index (χ4v) is 3.20. The summed E-state index contributed by atoms with van der Waals surface area (Å²) in [4.78, 5) is 12.5. The molecule has 4 aromatic rings. The number of halogens is 2. The molecule has 0 bridgehead atoms. The zero-order valence-corrected chi connectivity index (χ0v) is 18.1. The number of nitrogens with zero attached hydrogens (tertiary/aromatic N) is 4. The van der Waals surface area contributed by atoms with Crippen molar-refractivity contribution in [3.63, 3.8) is 0 Å². The highest BCUT2D eigenvalue weighted by molar-refractivity contribution is 6.32. The molecule has 0 saturated heterocycles. The van der Waals surface area contributed by atoms with E-state index in [1.165, 1.54) is 4.68 Å². The minimum Gasteiger partial charge on any atom is -0.470 e. The molecule has 0 atom stereocenters. The summed E-state index contributed by atoms with van der Waals surface area (Å²) in [5, 5.41) is 12.5. The van der Waals surface area contributed by atoms with Gasteiger partial charge in [0.2, 0.25) is 0 Å². The highest BCUT2D eigenvalue weighted by Gasteiger charge is 2.12. The Morgan fingerprint density at radius 3 is 2.71 bits per heavy atom. The number of hydrogen-bond donors (Lipinski definition) is 1. The maximum atomic E-state index is 12.5. The summed E-state index contributed by atoms with van der Waals surface area (Å²) >= 11 is 12.0. The third-order valence-corrected chi connectivity index (χ3v) is 5.03. The van der Waals surface area contributed by atoms with Crippen LogP contribution < -0.4 is 10.1 Å². The number of amides is 1. The molecule has 0 radical (unpaired) electrons. The first-order valence-corrected chi connectivity index (χ1v) is 10.2. The summed E-state index contributed by atoms with van der Waals surface area (Å²) in [6.45, 7) is 2.66. The predicted molar refractivity (Wildman–Crippen MR) is 120 cm³/mol. The van der Waals surface area contributed by atoms with Gasteiger partial charge in [0.25, 0.3) is 5.91 Å². The predicted octanol–water partition coefficient (Wildman–Crippen LogP) is 5.03. The molecule has 2 heterocycles. The summed E-state index contributed by atoms with van der Waals surface area (Å²) in [5.41, 5.74) is 2.94. The molecule has 0 aliphatic heterocycles. The minimum absolute atomic E-state index is 0.134. The fraction of sp³-hybridized carbons (Fsp3) is 0.136. The van der Waals surface area contributed by atoms with E-state index in [0.29, 0.717) is 28.0 Å². The zero-order valence-electron chi connectivity index (χ0n) is 16.6. The number of carbonyl (C=O) groups excluding carboxylic acids is 1. The fourth-order valence-electron chi connectivity index (χ4n) is 2.90. The van der Waals surface area contributed by atoms with Crippen molar-refractivity contribution in [1.82, 2.24) is 19.6 Å². The van der Waals surface area contributed by atoms with E-state index in [4.69, 9.17) is 27.9 Å². The van der Waals surface area contributed by atoms with E-state index in [-0.39, 0.29) is 18.3 Å². The Balaban J connectivity index is 1.34. The van der Waals surface area contributed by atoms with Gasteiger partial charge in [0.05, 0.1) is 23.5 Å². The van der Waals surface area contributed by atoms with Crippen molar-refractivity contribution in [3.05, 3.63) is 94.0 Å². The van der Waals surface area contributed by atoms with E-state index in [9.17, 15) is 4.79 Å². The van der Waals surface area contributed by atoms with Gasteiger partial charge in [-0.15, -0.1) is 0 Å². The van der Waals surface area contributed by atoms with Crippen LogP contribution in [0.5, 0.6) is 5.75 Å². The van der Waals surface area contributed by atoms with E-state index in [1.807, 2.05) is 43.3 Å². The molecule has 7 nitrogen and oxygen atoms in total. The van der Waals surface area contributed by atoms with Gasteiger partial charge in [-0.1, -0.05) is 41.4 Å². The topological polar surface area (TPSA) is 74.0 Å². The molecule has 4 rings (SSSR count). The number of aromatic nitrogens is 4. The first-order valence-electron chi connectivity index (χ1n) is 9.47. The number of aryl methyl sites for hydroxylation is 1. The van der Waals surface area contributed by atoms with Crippen molar-refractivity contribution >= 4 is 34.8 Å². The summed E-state index contributed by atoms with van der Waals surface area (Å²) in [6.07, 6.45) is 5.02. The van der Waals surface area contributed by atoms with E-state index in [1.54, 1.807) is 35.4 Å². The number of hydrogen-bond acceptors (Lipinski definition) is 4. The Morgan fingerprint density at radius 1 is 1.10 bits per heavy atom. The summed E-state index contributed by atoms with van der Waals surface area (Å²) in [6, 6.07) is 14.7. The average Bonchev–Trinajstić information content (AvgIpc) is 3.40. The summed E-state index contributed by atoms with van der Waals surface area (Å²) in [7, 11) is 0. The zero-order chi connectivity index (χ0) is 21.8. The second kappa shape index (κ2) is 9.24. The molecule has 1 N–H and O–H groups in total. The van der Waals surface area contributed by atoms with Gasteiger partial charge in [-0.25, -0.2) is 4.68 Å². The van der Waals surface area contributed by atoms with E-state index < -0.39 is 0 Å². The van der Waals surface area contributed by atoms with Crippen LogP contribution in [0, 0.1) is 6.92 Å². The van der Waals surface area contributed by atoms with Gasteiger partial charge in [0.15, 0.2) is 12.4 Å². The molecule has 0 spiro atoms. The van der Waals surface area contributed by atoms with Gasteiger partial charge in [0.1, 0.15) is 5.75 Å². The van der Waals surface area contributed by atoms with E-state index in [2.05, 4.69) is 15.5 Å². The van der Waals surface area contributed by atoms with Gasteiger partial charge >= 0.3 is 0 Å². The van der Waals surface area contributed by atoms with Crippen LogP contribution in [0.2, 0.25) is 10.0 Å².